The fourth-order valence-corrected chi connectivity index (χ4v) is 5.69. The van der Waals surface area contributed by atoms with Crippen LogP contribution in [0.4, 0.5) is 0 Å². The van der Waals surface area contributed by atoms with Crippen LogP contribution in [-0.2, 0) is 15.0 Å². The predicted molar refractivity (Wildman–Crippen MR) is 117 cm³/mol. The molecule has 0 aromatic heterocycles. The first-order valence-electron chi connectivity index (χ1n) is 11.3. The molecule has 31 heavy (non-hydrogen) atoms. The Labute approximate surface area is 183 Å². The number of carbonyl (C=O) groups is 1. The molecular weight excluding hydrogens is 398 g/mol. The first-order valence-corrected chi connectivity index (χ1v) is 11.3. The van der Waals surface area contributed by atoms with E-state index in [0.717, 1.165) is 37.7 Å². The molecule has 3 fully saturated rings. The zero-order valence-corrected chi connectivity index (χ0v) is 19.0. The number of benzene rings is 1. The van der Waals surface area contributed by atoms with Crippen LogP contribution in [0.5, 0.6) is 11.5 Å². The molecule has 7 nitrogen and oxygen atoms in total. The van der Waals surface area contributed by atoms with Crippen LogP contribution in [0, 0.1) is 27.4 Å². The van der Waals surface area contributed by atoms with Crippen LogP contribution in [0.2, 0.25) is 0 Å². The van der Waals surface area contributed by atoms with Crippen molar-refractivity contribution in [1.29, 1.82) is 0 Å². The third kappa shape index (κ3) is 4.65. The summed E-state index contributed by atoms with van der Waals surface area (Å²) in [6, 6.07) is 3.50. The predicted octanol–water partition coefficient (Wildman–Crippen LogP) is 5.25. The Morgan fingerprint density at radius 2 is 1.77 bits per heavy atom. The van der Waals surface area contributed by atoms with Crippen LogP contribution in [0.1, 0.15) is 89.7 Å². The van der Waals surface area contributed by atoms with Crippen molar-refractivity contribution < 1.29 is 24.9 Å². The quantitative estimate of drug-likeness (QED) is 0.296. The van der Waals surface area contributed by atoms with E-state index in [2.05, 4.69) is 32.5 Å². The Kier molecular flexibility index (Phi) is 6.53. The van der Waals surface area contributed by atoms with Crippen LogP contribution in [0.3, 0.4) is 0 Å². The number of nitrogens with zero attached hydrogens (tertiary/aromatic N) is 1. The molecule has 2 N–H and O–H groups in total. The maximum atomic E-state index is 12.5. The number of hydrogen-bond donors (Lipinski definition) is 2. The molecule has 0 radical (unpaired) electrons. The van der Waals surface area contributed by atoms with Gasteiger partial charge < -0.3 is 15.1 Å². The van der Waals surface area contributed by atoms with Gasteiger partial charge in [-0.05, 0) is 53.7 Å². The highest BCUT2D eigenvalue weighted by atomic mass is 16.9. The maximum absolute atomic E-state index is 12.5. The molecule has 2 bridgehead atoms. The summed E-state index contributed by atoms with van der Waals surface area (Å²) >= 11 is 0. The summed E-state index contributed by atoms with van der Waals surface area (Å²) < 4.78 is 0. The number of Topliss-reactive ketones (excluding diaryl/α,β-unsaturated/α-hetero) is 1. The summed E-state index contributed by atoms with van der Waals surface area (Å²) in [5.74, 6) is 0.681. The molecule has 0 aliphatic heterocycles. The third-order valence-corrected chi connectivity index (χ3v) is 7.82. The number of carbonyl (C=O) groups excluding carboxylic acids is 1. The third-order valence-electron chi connectivity index (χ3n) is 7.82. The van der Waals surface area contributed by atoms with Gasteiger partial charge in [-0.15, -0.1) is 10.1 Å². The van der Waals surface area contributed by atoms with Gasteiger partial charge in [-0.25, -0.2) is 0 Å². The van der Waals surface area contributed by atoms with Crippen molar-refractivity contribution in [3.05, 3.63) is 33.4 Å². The number of hydrogen-bond acceptors (Lipinski definition) is 6. The monoisotopic (exact) mass is 433 g/mol. The Morgan fingerprint density at radius 3 is 2.32 bits per heavy atom. The minimum absolute atomic E-state index is 0.0818. The second-order valence-electron chi connectivity index (χ2n) is 10.5. The minimum Gasteiger partial charge on any atom is -0.508 e. The smallest absolute Gasteiger partial charge is 0.294 e. The largest absolute Gasteiger partial charge is 0.508 e. The van der Waals surface area contributed by atoms with E-state index in [9.17, 15) is 25.1 Å². The van der Waals surface area contributed by atoms with Crippen LogP contribution in [0.25, 0.3) is 0 Å². The molecule has 172 valence electrons. The molecule has 7 heteroatoms. The molecule has 0 unspecified atom stereocenters. The molecule has 0 saturated heterocycles. The van der Waals surface area contributed by atoms with Gasteiger partial charge in [0.15, 0.2) is 0 Å². The SMILES string of the molecule is CC(C)(CCCCCCO[N+](=O)[O-])c1cc(O)c([C@@H]2CC(=O)[C@@H]3C[C@H]2C3(C)C)c(O)c1. The van der Waals surface area contributed by atoms with Gasteiger partial charge in [-0.2, -0.15) is 0 Å². The van der Waals surface area contributed by atoms with E-state index < -0.39 is 5.09 Å². The number of rotatable bonds is 10. The van der Waals surface area contributed by atoms with E-state index >= 15 is 0 Å². The highest BCUT2D eigenvalue weighted by molar-refractivity contribution is 5.86. The Bertz CT molecular complexity index is 823. The summed E-state index contributed by atoms with van der Waals surface area (Å²) in [6.45, 7) is 8.53. The van der Waals surface area contributed by atoms with Gasteiger partial charge in [0.05, 0.1) is 6.61 Å². The van der Waals surface area contributed by atoms with Gasteiger partial charge in [0.1, 0.15) is 17.3 Å². The van der Waals surface area contributed by atoms with E-state index in [4.69, 9.17) is 0 Å². The molecule has 3 saturated carbocycles. The molecular formula is C24H35NO6. The van der Waals surface area contributed by atoms with Gasteiger partial charge in [-0.1, -0.05) is 47.0 Å². The first kappa shape index (κ1) is 23.4. The maximum Gasteiger partial charge on any atom is 0.294 e. The Morgan fingerprint density at radius 1 is 1.16 bits per heavy atom. The van der Waals surface area contributed by atoms with E-state index in [1.54, 1.807) is 12.1 Å². The number of unbranched alkanes of at least 4 members (excludes halogenated alkanes) is 3. The van der Waals surface area contributed by atoms with E-state index in [-0.39, 0.29) is 46.6 Å². The van der Waals surface area contributed by atoms with E-state index in [0.29, 0.717) is 24.3 Å². The number of phenols is 2. The highest BCUT2D eigenvalue weighted by Crippen LogP contribution is 2.64. The van der Waals surface area contributed by atoms with Crippen molar-refractivity contribution in [3.8, 4) is 11.5 Å². The van der Waals surface area contributed by atoms with Crippen LogP contribution in [0.15, 0.2) is 12.1 Å². The normalized spacial score (nSPS) is 24.5. The topological polar surface area (TPSA) is 110 Å². The summed E-state index contributed by atoms with van der Waals surface area (Å²) in [7, 11) is 0. The van der Waals surface area contributed by atoms with Crippen molar-refractivity contribution in [3.63, 3.8) is 0 Å². The second kappa shape index (κ2) is 8.67. The average Bonchev–Trinajstić information content (AvgIpc) is 2.65. The van der Waals surface area contributed by atoms with Crippen molar-refractivity contribution in [2.75, 3.05) is 6.61 Å². The molecule has 4 rings (SSSR count). The fourth-order valence-electron chi connectivity index (χ4n) is 5.69. The molecule has 1 aromatic rings. The number of ketones is 1. The standard InChI is InChI=1S/C24H35NO6/c1-23(2,9-7-5-6-8-10-31-25(29)30)15-11-20(27)22(21(28)12-15)16-13-19(26)18-14-17(16)24(18,3)4/h11-12,16-18,27-28H,5-10,13-14H2,1-4H3/t16-,17-,18+/m1/s1. The lowest BCUT2D eigenvalue weighted by molar-refractivity contribution is -0.757. The van der Waals surface area contributed by atoms with Crippen LogP contribution >= 0.6 is 0 Å². The van der Waals surface area contributed by atoms with Gasteiger partial charge >= 0.3 is 0 Å². The van der Waals surface area contributed by atoms with Gasteiger partial charge in [0, 0.05) is 23.8 Å². The summed E-state index contributed by atoms with van der Waals surface area (Å²) in [5.41, 5.74) is 1.07. The minimum atomic E-state index is -0.765. The molecule has 0 spiro atoms. The Hall–Kier alpha value is -2.31. The molecule has 3 atom stereocenters. The molecule has 3 aliphatic carbocycles. The number of fused-ring (bicyclic) bond motifs is 2. The lowest BCUT2D eigenvalue weighted by atomic mass is 9.44. The first-order chi connectivity index (χ1) is 14.4. The van der Waals surface area contributed by atoms with Gasteiger partial charge in [0.2, 0.25) is 0 Å². The zero-order valence-electron chi connectivity index (χ0n) is 19.0. The molecule has 0 amide bonds. The lowest BCUT2D eigenvalue weighted by Gasteiger charge is -2.59. The van der Waals surface area contributed by atoms with Crippen molar-refractivity contribution >= 4 is 5.78 Å². The van der Waals surface area contributed by atoms with E-state index in [1.807, 2.05) is 0 Å². The summed E-state index contributed by atoms with van der Waals surface area (Å²) in [4.78, 5) is 27.0. The molecule has 0 heterocycles. The molecule has 3 aliphatic rings. The number of phenolic OH excluding ortho intramolecular Hbond substituents is 2. The number of aromatic hydroxyl groups is 2. The van der Waals surface area contributed by atoms with Crippen molar-refractivity contribution in [2.45, 2.75) is 84.0 Å². The fraction of sp³-hybridized carbons (Fsp3) is 0.708. The summed E-state index contributed by atoms with van der Waals surface area (Å²) in [5, 5.41) is 31.1. The van der Waals surface area contributed by atoms with Crippen molar-refractivity contribution in [1.82, 2.24) is 0 Å². The van der Waals surface area contributed by atoms with Gasteiger partial charge in [-0.3, -0.25) is 4.79 Å². The average molecular weight is 434 g/mol. The van der Waals surface area contributed by atoms with Crippen LogP contribution < -0.4 is 0 Å². The lowest BCUT2D eigenvalue weighted by Crippen LogP contribution is -2.56. The van der Waals surface area contributed by atoms with Crippen LogP contribution in [-0.4, -0.2) is 27.7 Å². The van der Waals surface area contributed by atoms with E-state index in [1.165, 1.54) is 0 Å². The van der Waals surface area contributed by atoms with Crippen molar-refractivity contribution in [2.24, 2.45) is 17.3 Å². The Balaban J connectivity index is 1.64. The second-order valence-corrected chi connectivity index (χ2v) is 10.5. The zero-order chi connectivity index (χ0) is 23.0. The molecule has 1 aromatic carbocycles. The van der Waals surface area contributed by atoms with Gasteiger partial charge in [0.25, 0.3) is 5.09 Å². The highest BCUT2D eigenvalue weighted by Gasteiger charge is 2.59. The summed E-state index contributed by atoms with van der Waals surface area (Å²) in [6.07, 6.45) is 5.47.